The molecular weight excluding hydrogens is 484 g/mol. The highest BCUT2D eigenvalue weighted by atomic mass is 35.5. The number of aryl methyl sites for hydroxylation is 2. The van der Waals surface area contributed by atoms with Crippen LogP contribution in [0.3, 0.4) is 0 Å². The lowest BCUT2D eigenvalue weighted by atomic mass is 10.0. The van der Waals surface area contributed by atoms with Gasteiger partial charge in [-0.25, -0.2) is 5.48 Å². The lowest BCUT2D eigenvalue weighted by Crippen LogP contribution is -2.30. The van der Waals surface area contributed by atoms with Gasteiger partial charge in [-0.15, -0.1) is 0 Å². The number of rotatable bonds is 8. The lowest BCUT2D eigenvalue weighted by molar-refractivity contribution is -0.124. The van der Waals surface area contributed by atoms with E-state index in [4.69, 9.17) is 16.8 Å². The number of hydrogen-bond acceptors (Lipinski definition) is 3. The Morgan fingerprint density at radius 3 is 2.81 bits per heavy atom. The van der Waals surface area contributed by atoms with Crippen molar-refractivity contribution in [3.63, 3.8) is 0 Å². The fraction of sp³-hybridized carbons (Fsp3) is 0.300. The molecule has 0 aliphatic heterocycles. The van der Waals surface area contributed by atoms with Crippen LogP contribution in [0.25, 0.3) is 17.0 Å². The summed E-state index contributed by atoms with van der Waals surface area (Å²) in [6.07, 6.45) is 8.31. The summed E-state index contributed by atoms with van der Waals surface area (Å²) >= 11 is 6.45. The van der Waals surface area contributed by atoms with Crippen molar-refractivity contribution in [3.8, 4) is 0 Å². The van der Waals surface area contributed by atoms with Gasteiger partial charge >= 0.3 is 0 Å². The van der Waals surface area contributed by atoms with Crippen molar-refractivity contribution in [3.05, 3.63) is 99.0 Å². The highest BCUT2D eigenvalue weighted by Gasteiger charge is 2.29. The molecule has 0 bridgehead atoms. The average Bonchev–Trinajstić information content (AvgIpc) is 3.55. The van der Waals surface area contributed by atoms with E-state index < -0.39 is 5.91 Å². The van der Waals surface area contributed by atoms with Gasteiger partial charge in [0.15, 0.2) is 0 Å². The summed E-state index contributed by atoms with van der Waals surface area (Å²) in [6, 6.07) is 15.3. The summed E-state index contributed by atoms with van der Waals surface area (Å²) < 4.78 is 2.21. The van der Waals surface area contributed by atoms with Crippen LogP contribution in [-0.4, -0.2) is 32.1 Å². The molecule has 4 aromatic rings. The largest absolute Gasteiger partial charge is 0.350 e. The molecule has 0 saturated carbocycles. The molecule has 2 heterocycles. The maximum atomic E-state index is 11.4. The molecule has 1 aliphatic carbocycles. The predicted molar refractivity (Wildman–Crippen MR) is 149 cm³/mol. The molecule has 0 fully saturated rings. The minimum Gasteiger partial charge on any atom is -0.350 e. The zero-order chi connectivity index (χ0) is 26.1. The Morgan fingerprint density at radius 1 is 1.24 bits per heavy atom. The quantitative estimate of drug-likeness (QED) is 0.152. The smallest absolute Gasteiger partial charge is 0.267 e. The normalized spacial score (nSPS) is 15.2. The molecule has 3 N–H and O–H groups in total. The number of benzene rings is 2. The van der Waals surface area contributed by atoms with Crippen LogP contribution in [0, 0.1) is 13.8 Å². The van der Waals surface area contributed by atoms with Gasteiger partial charge in [-0.2, -0.15) is 0 Å². The molecule has 2 aromatic heterocycles. The van der Waals surface area contributed by atoms with Gasteiger partial charge in [-0.1, -0.05) is 48.0 Å². The number of halogens is 1. The third kappa shape index (κ3) is 5.10. The molecule has 37 heavy (non-hydrogen) atoms. The standard InChI is InChI=1S/C30H33ClN4O2/c1-19-20(2)30(31)32-26(19)18-35(15-14-23-17-34(3)27-7-5-4-6-24(23)27)28-12-10-22-16-21(8-11-25(22)28)9-13-29(36)33-37/h4-9,11,13,16-17,28,32,37H,10,12,14-15,18H2,1-3H3,(H,33,36)/b13-9+. The van der Waals surface area contributed by atoms with Gasteiger partial charge in [0.1, 0.15) is 5.15 Å². The first-order valence-electron chi connectivity index (χ1n) is 12.7. The van der Waals surface area contributed by atoms with Gasteiger partial charge in [0, 0.05) is 55.0 Å². The number of carbonyl (C=O) groups excluding carboxylic acids is 1. The van der Waals surface area contributed by atoms with Crippen molar-refractivity contribution >= 4 is 34.5 Å². The second-order valence-corrected chi connectivity index (χ2v) is 10.4. The second kappa shape index (κ2) is 10.6. The Labute approximate surface area is 222 Å². The summed E-state index contributed by atoms with van der Waals surface area (Å²) in [4.78, 5) is 17.4. The van der Waals surface area contributed by atoms with Crippen molar-refractivity contribution in [2.24, 2.45) is 7.05 Å². The van der Waals surface area contributed by atoms with Gasteiger partial charge in [0.05, 0.1) is 0 Å². The van der Waals surface area contributed by atoms with E-state index >= 15 is 0 Å². The van der Waals surface area contributed by atoms with Crippen LogP contribution in [0.5, 0.6) is 0 Å². The van der Waals surface area contributed by atoms with Crippen LogP contribution in [0.4, 0.5) is 0 Å². The van der Waals surface area contributed by atoms with Gasteiger partial charge in [0.2, 0.25) is 0 Å². The zero-order valence-corrected chi connectivity index (χ0v) is 22.3. The Morgan fingerprint density at radius 2 is 2.05 bits per heavy atom. The molecule has 7 heteroatoms. The predicted octanol–water partition coefficient (Wildman–Crippen LogP) is 6.03. The number of H-pyrrole nitrogens is 1. The van der Waals surface area contributed by atoms with Crippen LogP contribution in [0.1, 0.15) is 51.5 Å². The molecule has 6 nitrogen and oxygen atoms in total. The van der Waals surface area contributed by atoms with Crippen molar-refractivity contribution in [2.45, 2.75) is 45.7 Å². The van der Waals surface area contributed by atoms with Crippen LogP contribution in [0.2, 0.25) is 5.15 Å². The lowest BCUT2D eigenvalue weighted by Gasteiger charge is -2.30. The maximum absolute atomic E-state index is 11.4. The second-order valence-electron chi connectivity index (χ2n) is 9.99. The van der Waals surface area contributed by atoms with E-state index in [0.29, 0.717) is 6.04 Å². The summed E-state index contributed by atoms with van der Waals surface area (Å²) in [5.74, 6) is -0.534. The summed E-state index contributed by atoms with van der Waals surface area (Å²) in [7, 11) is 2.11. The third-order valence-electron chi connectivity index (χ3n) is 7.81. The number of nitrogens with zero attached hydrogens (tertiary/aromatic N) is 2. The monoisotopic (exact) mass is 516 g/mol. The van der Waals surface area contributed by atoms with E-state index in [1.165, 1.54) is 44.9 Å². The molecule has 1 atom stereocenters. The molecular formula is C30H33ClN4O2. The summed E-state index contributed by atoms with van der Waals surface area (Å²) in [5.41, 5.74) is 11.4. The van der Waals surface area contributed by atoms with Gasteiger partial charge < -0.3 is 9.55 Å². The SMILES string of the molecule is Cc1c(Cl)[nH]c(CN(CCc2cn(C)c3ccccc23)C2CCc3cc(/C=C/C(=O)NO)ccc32)c1C. The van der Waals surface area contributed by atoms with Gasteiger partial charge in [-0.3, -0.25) is 14.9 Å². The number of aromatic amines is 1. The number of hydrogen-bond donors (Lipinski definition) is 3. The molecule has 0 radical (unpaired) electrons. The molecule has 1 unspecified atom stereocenters. The first-order valence-corrected chi connectivity index (χ1v) is 13.1. The number of amides is 1. The number of aromatic nitrogens is 2. The molecule has 5 rings (SSSR count). The molecule has 1 amide bonds. The van der Waals surface area contributed by atoms with E-state index in [0.717, 1.165) is 48.6 Å². The third-order valence-corrected chi connectivity index (χ3v) is 8.18. The van der Waals surface area contributed by atoms with E-state index in [1.54, 1.807) is 11.6 Å². The average molecular weight is 517 g/mol. The zero-order valence-electron chi connectivity index (χ0n) is 21.5. The minimum absolute atomic E-state index is 0.297. The van der Waals surface area contributed by atoms with E-state index in [9.17, 15) is 4.79 Å². The van der Waals surface area contributed by atoms with E-state index in [2.05, 4.69) is 77.9 Å². The van der Waals surface area contributed by atoms with Crippen molar-refractivity contribution < 1.29 is 10.0 Å². The molecule has 0 saturated heterocycles. The van der Waals surface area contributed by atoms with E-state index in [-0.39, 0.29) is 0 Å². The van der Waals surface area contributed by atoms with Crippen LogP contribution in [-0.2, 0) is 31.2 Å². The fourth-order valence-corrected chi connectivity index (χ4v) is 5.87. The Bertz CT molecular complexity index is 1480. The molecule has 192 valence electrons. The number of hydroxylamine groups is 1. The fourth-order valence-electron chi connectivity index (χ4n) is 5.61. The first kappa shape index (κ1) is 25.3. The minimum atomic E-state index is -0.534. The highest BCUT2D eigenvalue weighted by molar-refractivity contribution is 6.30. The van der Waals surface area contributed by atoms with Crippen molar-refractivity contribution in [1.82, 2.24) is 19.9 Å². The number of carbonyl (C=O) groups is 1. The highest BCUT2D eigenvalue weighted by Crippen LogP contribution is 2.38. The molecule has 1 aliphatic rings. The van der Waals surface area contributed by atoms with Crippen LogP contribution < -0.4 is 5.48 Å². The number of para-hydroxylation sites is 1. The van der Waals surface area contributed by atoms with Crippen LogP contribution in [0.15, 0.2) is 54.7 Å². The van der Waals surface area contributed by atoms with Crippen molar-refractivity contribution in [1.29, 1.82) is 0 Å². The number of fused-ring (bicyclic) bond motifs is 2. The van der Waals surface area contributed by atoms with Gasteiger partial charge in [0.25, 0.3) is 5.91 Å². The topological polar surface area (TPSA) is 73.3 Å². The Hall–Kier alpha value is -3.32. The summed E-state index contributed by atoms with van der Waals surface area (Å²) in [6.45, 7) is 5.92. The molecule has 0 spiro atoms. The van der Waals surface area contributed by atoms with E-state index in [1.807, 2.05) is 6.07 Å². The first-order chi connectivity index (χ1) is 17.9. The Kier molecular flexibility index (Phi) is 7.24. The van der Waals surface area contributed by atoms with Gasteiger partial charge in [-0.05, 0) is 78.6 Å². The van der Waals surface area contributed by atoms with Crippen LogP contribution >= 0.6 is 11.6 Å². The van der Waals surface area contributed by atoms with Crippen molar-refractivity contribution in [2.75, 3.05) is 6.54 Å². The number of nitrogens with one attached hydrogen (secondary N) is 2. The maximum Gasteiger partial charge on any atom is 0.267 e. The summed E-state index contributed by atoms with van der Waals surface area (Å²) in [5, 5.41) is 10.8. The molecule has 2 aromatic carbocycles. The Balaban J connectivity index is 1.43.